The van der Waals surface area contributed by atoms with Crippen LogP contribution < -0.4 is 0 Å². The van der Waals surface area contributed by atoms with E-state index in [1.807, 2.05) is 0 Å². The molecule has 1 aromatic carbocycles. The van der Waals surface area contributed by atoms with Crippen molar-refractivity contribution in [1.82, 2.24) is 0 Å². The average molecular weight is 337 g/mol. The third-order valence-corrected chi connectivity index (χ3v) is 6.17. The van der Waals surface area contributed by atoms with E-state index in [1.165, 1.54) is 6.07 Å². The van der Waals surface area contributed by atoms with Crippen LogP contribution in [0.4, 0.5) is 0 Å². The molecule has 0 aliphatic heterocycles. The Morgan fingerprint density at radius 3 is 2.35 bits per heavy atom. The zero-order chi connectivity index (χ0) is 14.9. The topological polar surface area (TPSA) is 71.4 Å². The number of hydrogen-bond donors (Lipinski definition) is 1. The van der Waals surface area contributed by atoms with Gasteiger partial charge in [0, 0.05) is 0 Å². The van der Waals surface area contributed by atoms with E-state index in [9.17, 15) is 13.2 Å². The highest BCUT2D eigenvalue weighted by molar-refractivity contribution is 7.91. The highest BCUT2D eigenvalue weighted by Crippen LogP contribution is 2.33. The summed E-state index contributed by atoms with van der Waals surface area (Å²) in [5.41, 5.74) is -0.249. The third-order valence-electron chi connectivity index (χ3n) is 3.52. The van der Waals surface area contributed by atoms with Crippen LogP contribution in [0.5, 0.6) is 0 Å². The van der Waals surface area contributed by atoms with E-state index in [1.54, 1.807) is 0 Å². The van der Waals surface area contributed by atoms with Crippen LogP contribution in [-0.4, -0.2) is 25.2 Å². The summed E-state index contributed by atoms with van der Waals surface area (Å²) in [7, 11) is -3.60. The number of benzene rings is 1. The molecule has 20 heavy (non-hydrogen) atoms. The Balaban J connectivity index is 2.40. The first-order valence-corrected chi connectivity index (χ1v) is 8.67. The molecule has 0 bridgehead atoms. The lowest BCUT2D eigenvalue weighted by molar-refractivity contribution is 0.0697. The van der Waals surface area contributed by atoms with Crippen molar-refractivity contribution in [3.63, 3.8) is 0 Å². The normalized spacial score (nSPS) is 16.5. The van der Waals surface area contributed by atoms with Crippen LogP contribution in [0.15, 0.2) is 17.0 Å². The van der Waals surface area contributed by atoms with Crippen LogP contribution in [0.3, 0.4) is 0 Å². The minimum Gasteiger partial charge on any atom is -0.478 e. The summed E-state index contributed by atoms with van der Waals surface area (Å²) >= 11 is 11.7. The van der Waals surface area contributed by atoms with Gasteiger partial charge in [-0.15, -0.1) is 0 Å². The molecule has 1 fully saturated rings. The molecule has 0 atom stereocenters. The second-order valence-electron chi connectivity index (χ2n) is 5.00. The van der Waals surface area contributed by atoms with Crippen molar-refractivity contribution >= 4 is 39.0 Å². The maximum atomic E-state index is 12.4. The SMILES string of the molecule is O=C(O)c1cc(S(=O)(=O)CC2CCCC2)c(Cl)cc1Cl. The molecule has 110 valence electrons. The first-order valence-electron chi connectivity index (χ1n) is 6.26. The number of hydrogen-bond acceptors (Lipinski definition) is 3. The molecule has 1 aliphatic carbocycles. The van der Waals surface area contributed by atoms with Gasteiger partial charge in [0.2, 0.25) is 0 Å². The van der Waals surface area contributed by atoms with Crippen molar-refractivity contribution in [3.05, 3.63) is 27.7 Å². The van der Waals surface area contributed by atoms with Crippen molar-refractivity contribution in [1.29, 1.82) is 0 Å². The Labute approximate surface area is 127 Å². The molecule has 4 nitrogen and oxygen atoms in total. The number of rotatable bonds is 4. The minimum absolute atomic E-state index is 0.00735. The molecule has 1 aromatic rings. The lowest BCUT2D eigenvalue weighted by Gasteiger charge is -2.12. The van der Waals surface area contributed by atoms with Gasteiger partial charge in [-0.2, -0.15) is 0 Å². The number of sulfone groups is 1. The molecule has 1 N–H and O–H groups in total. The molecular formula is C13H14Cl2O4S. The molecule has 0 amide bonds. The van der Waals surface area contributed by atoms with Crippen molar-refractivity contribution in [2.45, 2.75) is 30.6 Å². The van der Waals surface area contributed by atoms with Crippen LogP contribution in [-0.2, 0) is 9.84 Å². The maximum absolute atomic E-state index is 12.4. The molecule has 0 saturated heterocycles. The molecule has 1 aliphatic rings. The Kier molecular flexibility index (Phi) is 4.62. The first-order chi connectivity index (χ1) is 9.31. The van der Waals surface area contributed by atoms with Gasteiger partial charge in [-0.05, 0) is 30.9 Å². The summed E-state index contributed by atoms with van der Waals surface area (Å²) in [4.78, 5) is 10.9. The van der Waals surface area contributed by atoms with Crippen molar-refractivity contribution < 1.29 is 18.3 Å². The summed E-state index contributed by atoms with van der Waals surface area (Å²) < 4.78 is 24.7. The number of halogens is 2. The van der Waals surface area contributed by atoms with E-state index in [0.29, 0.717) is 0 Å². The summed E-state index contributed by atoms with van der Waals surface area (Å²) in [6.07, 6.45) is 3.84. The first kappa shape index (κ1) is 15.6. The quantitative estimate of drug-likeness (QED) is 0.910. The van der Waals surface area contributed by atoms with Crippen LogP contribution >= 0.6 is 23.2 Å². The van der Waals surface area contributed by atoms with Crippen LogP contribution in [0, 0.1) is 5.92 Å². The zero-order valence-corrected chi connectivity index (χ0v) is 12.9. The van der Waals surface area contributed by atoms with Crippen LogP contribution in [0.25, 0.3) is 0 Å². The van der Waals surface area contributed by atoms with E-state index in [4.69, 9.17) is 28.3 Å². The lowest BCUT2D eigenvalue weighted by Crippen LogP contribution is -2.15. The molecule has 1 saturated carbocycles. The van der Waals surface area contributed by atoms with E-state index >= 15 is 0 Å². The Morgan fingerprint density at radius 2 is 1.80 bits per heavy atom. The van der Waals surface area contributed by atoms with Crippen LogP contribution in [0.2, 0.25) is 10.0 Å². The molecule has 0 aromatic heterocycles. The van der Waals surface area contributed by atoms with Gasteiger partial charge in [-0.1, -0.05) is 36.0 Å². The maximum Gasteiger partial charge on any atom is 0.337 e. The summed E-state index contributed by atoms with van der Waals surface area (Å²) in [5, 5.41) is 8.91. The fourth-order valence-electron chi connectivity index (χ4n) is 2.51. The van der Waals surface area contributed by atoms with Crippen molar-refractivity contribution in [2.24, 2.45) is 5.92 Å². The second-order valence-corrected chi connectivity index (χ2v) is 7.82. The lowest BCUT2D eigenvalue weighted by atomic mass is 10.1. The van der Waals surface area contributed by atoms with Crippen molar-refractivity contribution in [3.8, 4) is 0 Å². The van der Waals surface area contributed by atoms with E-state index in [-0.39, 0.29) is 32.2 Å². The van der Waals surface area contributed by atoms with Gasteiger partial charge < -0.3 is 5.11 Å². The van der Waals surface area contributed by atoms with Crippen molar-refractivity contribution in [2.75, 3.05) is 5.75 Å². The van der Waals surface area contributed by atoms with E-state index in [0.717, 1.165) is 31.7 Å². The van der Waals surface area contributed by atoms with Gasteiger partial charge in [-0.3, -0.25) is 0 Å². The molecule has 0 spiro atoms. The van der Waals surface area contributed by atoms with E-state index < -0.39 is 15.8 Å². The standard InChI is InChI=1S/C13H14Cl2O4S/c14-10-6-11(15)12(5-9(10)13(16)17)20(18,19)7-8-3-1-2-4-8/h5-6,8H,1-4,7H2,(H,16,17). The number of aromatic carboxylic acids is 1. The monoisotopic (exact) mass is 336 g/mol. The Bertz CT molecular complexity index is 634. The predicted molar refractivity (Wildman–Crippen MR) is 77.4 cm³/mol. The van der Waals surface area contributed by atoms with E-state index in [2.05, 4.69) is 0 Å². The predicted octanol–water partition coefficient (Wildman–Crippen LogP) is 3.66. The van der Waals surface area contributed by atoms with Crippen LogP contribution in [0.1, 0.15) is 36.0 Å². The average Bonchev–Trinajstić information content (AvgIpc) is 2.79. The Hall–Kier alpha value is -0.780. The fraction of sp³-hybridized carbons (Fsp3) is 0.462. The number of carboxylic acid groups (broad SMARTS) is 1. The highest BCUT2D eigenvalue weighted by Gasteiger charge is 2.27. The van der Waals surface area contributed by atoms with Gasteiger partial charge in [-0.25, -0.2) is 13.2 Å². The molecular weight excluding hydrogens is 323 g/mol. The molecule has 0 unspecified atom stereocenters. The Morgan fingerprint density at radius 1 is 1.20 bits per heavy atom. The van der Waals surface area contributed by atoms with Gasteiger partial charge in [0.05, 0.1) is 26.3 Å². The minimum atomic E-state index is -3.60. The number of carboxylic acids is 1. The zero-order valence-electron chi connectivity index (χ0n) is 10.6. The molecule has 0 radical (unpaired) electrons. The molecule has 7 heteroatoms. The largest absolute Gasteiger partial charge is 0.478 e. The number of carbonyl (C=O) groups is 1. The second kappa shape index (κ2) is 5.92. The van der Waals surface area contributed by atoms with Gasteiger partial charge in [0.25, 0.3) is 0 Å². The third kappa shape index (κ3) is 3.27. The van der Waals surface area contributed by atoms with Gasteiger partial charge in [0.15, 0.2) is 9.84 Å². The van der Waals surface area contributed by atoms with Gasteiger partial charge >= 0.3 is 5.97 Å². The summed E-state index contributed by atoms with van der Waals surface area (Å²) in [5.74, 6) is -1.14. The summed E-state index contributed by atoms with van der Waals surface area (Å²) in [6, 6.07) is 2.23. The van der Waals surface area contributed by atoms with Gasteiger partial charge in [0.1, 0.15) is 0 Å². The summed E-state index contributed by atoms with van der Waals surface area (Å²) in [6.45, 7) is 0. The fourth-order valence-corrected chi connectivity index (χ4v) is 5.11. The smallest absolute Gasteiger partial charge is 0.337 e. The molecule has 2 rings (SSSR count). The molecule has 0 heterocycles. The highest BCUT2D eigenvalue weighted by atomic mass is 35.5.